The van der Waals surface area contributed by atoms with E-state index in [1.165, 1.54) is 24.8 Å². The van der Waals surface area contributed by atoms with Gasteiger partial charge in [-0.15, -0.1) is 0 Å². The lowest BCUT2D eigenvalue weighted by Crippen LogP contribution is -2.39. The Labute approximate surface area is 189 Å². The number of fused-ring (bicyclic) bond motifs is 1. The molecule has 166 valence electrons. The summed E-state index contributed by atoms with van der Waals surface area (Å²) in [6.45, 7) is 3.78. The molecule has 0 N–H and O–H groups in total. The summed E-state index contributed by atoms with van der Waals surface area (Å²) >= 11 is 0. The second kappa shape index (κ2) is 9.86. The third-order valence-corrected chi connectivity index (χ3v) is 6.26. The van der Waals surface area contributed by atoms with E-state index in [2.05, 4.69) is 47.1 Å². The van der Waals surface area contributed by atoms with Gasteiger partial charge in [0.2, 0.25) is 0 Å². The number of hydrogen-bond donors (Lipinski definition) is 0. The largest absolute Gasteiger partial charge is 0.490 e. The van der Waals surface area contributed by atoms with E-state index in [4.69, 9.17) is 4.74 Å². The van der Waals surface area contributed by atoms with Crippen molar-refractivity contribution >= 4 is 16.7 Å². The zero-order valence-corrected chi connectivity index (χ0v) is 18.9. The van der Waals surface area contributed by atoms with Crippen LogP contribution >= 0.6 is 0 Å². The molecule has 0 saturated carbocycles. The van der Waals surface area contributed by atoms with E-state index in [9.17, 15) is 10.1 Å². The van der Waals surface area contributed by atoms with E-state index in [0.29, 0.717) is 11.2 Å². The number of nitrogens with zero attached hydrogens (tertiary/aromatic N) is 4. The molecule has 0 atom stereocenters. The normalized spacial score (nSPS) is 14.5. The molecule has 4 rings (SSSR count). The molecule has 0 amide bonds. The van der Waals surface area contributed by atoms with Gasteiger partial charge in [0.05, 0.1) is 11.2 Å². The molecule has 0 spiro atoms. The van der Waals surface area contributed by atoms with Crippen molar-refractivity contribution in [2.45, 2.75) is 51.6 Å². The molecule has 1 aromatic carbocycles. The van der Waals surface area contributed by atoms with Crippen molar-refractivity contribution in [1.29, 1.82) is 5.26 Å². The van der Waals surface area contributed by atoms with Crippen LogP contribution in [0, 0.1) is 11.3 Å². The van der Waals surface area contributed by atoms with Gasteiger partial charge in [0.1, 0.15) is 29.1 Å². The third-order valence-electron chi connectivity index (χ3n) is 6.26. The quantitative estimate of drug-likeness (QED) is 0.513. The molecular weight excluding hydrogens is 400 g/mol. The van der Waals surface area contributed by atoms with Crippen LogP contribution in [0.5, 0.6) is 5.75 Å². The van der Waals surface area contributed by atoms with Crippen molar-refractivity contribution in [3.8, 4) is 11.8 Å². The first-order chi connectivity index (χ1) is 15.6. The molecular formula is C26H30N4O2. The lowest BCUT2D eigenvalue weighted by atomic mass is 10.1. The predicted octanol–water partition coefficient (Wildman–Crippen LogP) is 4.59. The summed E-state index contributed by atoms with van der Waals surface area (Å²) in [4.78, 5) is 19.2. The maximum absolute atomic E-state index is 12.5. The number of hydrogen-bond acceptors (Lipinski definition) is 5. The number of piperidine rings is 1. The summed E-state index contributed by atoms with van der Waals surface area (Å²) in [5, 5.41) is 9.26. The van der Waals surface area contributed by atoms with E-state index < -0.39 is 0 Å². The number of aryl methyl sites for hydroxylation is 2. The third kappa shape index (κ3) is 4.77. The highest BCUT2D eigenvalue weighted by Crippen LogP contribution is 2.28. The number of nitriles is 1. The number of aromatic nitrogens is 2. The number of ether oxygens (including phenoxy) is 1. The average molecular weight is 431 g/mol. The zero-order chi connectivity index (χ0) is 22.5. The van der Waals surface area contributed by atoms with Gasteiger partial charge in [-0.05, 0) is 42.7 Å². The molecule has 1 aliphatic rings. The Kier molecular flexibility index (Phi) is 6.75. The fourth-order valence-electron chi connectivity index (χ4n) is 4.34. The Hall–Kier alpha value is -3.33. The molecule has 0 bridgehead atoms. The number of pyridine rings is 2. The molecule has 3 aromatic rings. The Morgan fingerprint density at radius 1 is 1.12 bits per heavy atom. The lowest BCUT2D eigenvalue weighted by molar-refractivity contribution is 0.171. The summed E-state index contributed by atoms with van der Waals surface area (Å²) in [6.07, 6.45) is 6.75. The van der Waals surface area contributed by atoms with Crippen LogP contribution in [0.1, 0.15) is 50.3 Å². The highest BCUT2D eigenvalue weighted by atomic mass is 16.5. The topological polar surface area (TPSA) is 71.2 Å². The van der Waals surface area contributed by atoms with Gasteiger partial charge >= 0.3 is 0 Å². The van der Waals surface area contributed by atoms with Crippen LogP contribution in [0.15, 0.2) is 47.3 Å². The lowest BCUT2D eigenvalue weighted by Gasteiger charge is -2.34. The first-order valence-electron chi connectivity index (χ1n) is 11.5. The van der Waals surface area contributed by atoms with Gasteiger partial charge in [0.25, 0.3) is 5.56 Å². The summed E-state index contributed by atoms with van der Waals surface area (Å²) in [5.41, 5.74) is 3.88. The summed E-state index contributed by atoms with van der Waals surface area (Å²) in [7, 11) is 1.73. The van der Waals surface area contributed by atoms with E-state index in [1.54, 1.807) is 29.8 Å². The predicted molar refractivity (Wildman–Crippen MR) is 127 cm³/mol. The molecule has 6 nitrogen and oxygen atoms in total. The van der Waals surface area contributed by atoms with Crippen LogP contribution in [-0.4, -0.2) is 28.7 Å². The Bertz CT molecular complexity index is 1170. The molecule has 2 aromatic heterocycles. The van der Waals surface area contributed by atoms with Gasteiger partial charge < -0.3 is 14.2 Å². The molecule has 1 saturated heterocycles. The molecule has 1 fully saturated rings. The SMILES string of the molecule is CCCCCc1ccc(OC2CCN(c3cc(=O)n(C)c4ccc(C#N)nc34)CC2)cc1. The summed E-state index contributed by atoms with van der Waals surface area (Å²) in [5.74, 6) is 0.919. The number of rotatable bonds is 7. The monoisotopic (exact) mass is 430 g/mol. The van der Waals surface area contributed by atoms with Crippen molar-refractivity contribution in [3.63, 3.8) is 0 Å². The fourth-order valence-corrected chi connectivity index (χ4v) is 4.34. The minimum Gasteiger partial charge on any atom is -0.490 e. The van der Waals surface area contributed by atoms with E-state index in [0.717, 1.165) is 49.3 Å². The van der Waals surface area contributed by atoms with Crippen molar-refractivity contribution in [2.24, 2.45) is 7.05 Å². The van der Waals surface area contributed by atoms with Gasteiger partial charge in [-0.3, -0.25) is 4.79 Å². The molecule has 0 radical (unpaired) electrons. The highest BCUT2D eigenvalue weighted by Gasteiger charge is 2.23. The highest BCUT2D eigenvalue weighted by molar-refractivity contribution is 5.88. The van der Waals surface area contributed by atoms with Crippen LogP contribution in [0.3, 0.4) is 0 Å². The molecule has 32 heavy (non-hydrogen) atoms. The van der Waals surface area contributed by atoms with Crippen LogP contribution < -0.4 is 15.2 Å². The molecule has 3 heterocycles. The summed E-state index contributed by atoms with van der Waals surface area (Å²) < 4.78 is 7.81. The first kappa shape index (κ1) is 21.9. The first-order valence-corrected chi connectivity index (χ1v) is 11.5. The van der Waals surface area contributed by atoms with E-state index in [1.807, 2.05) is 0 Å². The van der Waals surface area contributed by atoms with Crippen molar-refractivity contribution in [1.82, 2.24) is 9.55 Å². The number of unbranched alkanes of at least 4 members (excludes halogenated alkanes) is 2. The summed E-state index contributed by atoms with van der Waals surface area (Å²) in [6, 6.07) is 15.7. The minimum atomic E-state index is -0.0728. The van der Waals surface area contributed by atoms with Gasteiger partial charge in [0, 0.05) is 39.0 Å². The Morgan fingerprint density at radius 2 is 1.88 bits per heavy atom. The Balaban J connectivity index is 1.43. The van der Waals surface area contributed by atoms with Crippen LogP contribution in [0.2, 0.25) is 0 Å². The molecule has 1 aliphatic heterocycles. The van der Waals surface area contributed by atoms with Crippen molar-refractivity contribution in [3.05, 3.63) is 64.1 Å². The van der Waals surface area contributed by atoms with Crippen molar-refractivity contribution < 1.29 is 4.74 Å². The molecule has 0 unspecified atom stereocenters. The number of anilines is 1. The second-order valence-electron chi connectivity index (χ2n) is 8.51. The smallest absolute Gasteiger partial charge is 0.252 e. The van der Waals surface area contributed by atoms with E-state index in [-0.39, 0.29) is 11.7 Å². The maximum atomic E-state index is 12.5. The van der Waals surface area contributed by atoms with Gasteiger partial charge in [-0.1, -0.05) is 31.9 Å². The second-order valence-corrected chi connectivity index (χ2v) is 8.51. The Morgan fingerprint density at radius 3 is 2.56 bits per heavy atom. The standard InChI is InChI=1S/C26H30N4O2/c1-3-4-5-6-19-7-10-21(11-8-19)32-22-13-15-30(16-14-22)24-17-25(31)29(2)23-12-9-20(18-27)28-26(23)24/h7-12,17,22H,3-6,13-16H2,1-2H3. The van der Waals surface area contributed by atoms with Gasteiger partial charge in [-0.25, -0.2) is 4.98 Å². The van der Waals surface area contributed by atoms with Crippen molar-refractivity contribution in [2.75, 3.05) is 18.0 Å². The van der Waals surface area contributed by atoms with Crippen LogP contribution in [0.25, 0.3) is 11.0 Å². The van der Waals surface area contributed by atoms with Gasteiger partial charge in [-0.2, -0.15) is 5.26 Å². The molecule has 6 heteroatoms. The number of benzene rings is 1. The average Bonchev–Trinajstić information content (AvgIpc) is 2.83. The maximum Gasteiger partial charge on any atom is 0.252 e. The zero-order valence-electron chi connectivity index (χ0n) is 18.9. The van der Waals surface area contributed by atoms with Gasteiger partial charge in [0.15, 0.2) is 0 Å². The van der Waals surface area contributed by atoms with Crippen LogP contribution in [-0.2, 0) is 13.5 Å². The molecule has 0 aliphatic carbocycles. The van der Waals surface area contributed by atoms with E-state index >= 15 is 0 Å². The fraction of sp³-hybridized carbons (Fsp3) is 0.423. The van der Waals surface area contributed by atoms with Crippen LogP contribution in [0.4, 0.5) is 5.69 Å². The minimum absolute atomic E-state index is 0.0728.